The minimum Gasteiger partial charge on any atom is -0.310 e. The van der Waals surface area contributed by atoms with Crippen molar-refractivity contribution in [2.24, 2.45) is 5.92 Å². The zero-order chi connectivity index (χ0) is 11.5. The second kappa shape index (κ2) is 4.96. The highest BCUT2D eigenvalue weighted by Crippen LogP contribution is 2.37. The van der Waals surface area contributed by atoms with Crippen molar-refractivity contribution >= 4 is 0 Å². The summed E-state index contributed by atoms with van der Waals surface area (Å²) in [6.07, 6.45) is 3.86. The minimum atomic E-state index is -0.114. The van der Waals surface area contributed by atoms with Gasteiger partial charge in [0.05, 0.1) is 0 Å². The van der Waals surface area contributed by atoms with Gasteiger partial charge in [-0.25, -0.2) is 4.39 Å². The third kappa shape index (κ3) is 2.43. The monoisotopic (exact) mass is 221 g/mol. The molecular formula is C14H20FN. The predicted molar refractivity (Wildman–Crippen MR) is 64.9 cm³/mol. The molecule has 0 radical (unpaired) electrons. The van der Waals surface area contributed by atoms with Crippen LogP contribution in [0.1, 0.15) is 43.4 Å². The van der Waals surface area contributed by atoms with Gasteiger partial charge in [0, 0.05) is 6.04 Å². The smallest absolute Gasteiger partial charge is 0.123 e. The van der Waals surface area contributed by atoms with Crippen LogP contribution in [-0.2, 0) is 0 Å². The zero-order valence-corrected chi connectivity index (χ0v) is 10.1. The summed E-state index contributed by atoms with van der Waals surface area (Å²) in [6, 6.07) is 5.72. The molecule has 0 saturated heterocycles. The summed E-state index contributed by atoms with van der Waals surface area (Å²) in [4.78, 5) is 0. The number of nitrogens with one attached hydrogen (secondary N) is 1. The highest BCUT2D eigenvalue weighted by molar-refractivity contribution is 5.27. The molecule has 0 bridgehead atoms. The molecule has 0 aliphatic heterocycles. The Morgan fingerprint density at radius 3 is 2.62 bits per heavy atom. The fourth-order valence-corrected chi connectivity index (χ4v) is 2.49. The molecule has 1 aliphatic rings. The van der Waals surface area contributed by atoms with Crippen molar-refractivity contribution in [3.8, 4) is 0 Å². The lowest BCUT2D eigenvalue weighted by Gasteiger charge is -2.34. The van der Waals surface area contributed by atoms with E-state index >= 15 is 0 Å². The van der Waals surface area contributed by atoms with E-state index in [4.69, 9.17) is 0 Å². The molecule has 1 nitrogen and oxygen atoms in total. The molecule has 0 aromatic heterocycles. The molecular weight excluding hydrogens is 201 g/mol. The van der Waals surface area contributed by atoms with Crippen molar-refractivity contribution in [1.82, 2.24) is 5.32 Å². The Hall–Kier alpha value is -0.890. The summed E-state index contributed by atoms with van der Waals surface area (Å²) >= 11 is 0. The van der Waals surface area contributed by atoms with Crippen LogP contribution in [0.5, 0.6) is 0 Å². The summed E-state index contributed by atoms with van der Waals surface area (Å²) in [7, 11) is 0. The van der Waals surface area contributed by atoms with Crippen molar-refractivity contribution in [2.75, 3.05) is 6.54 Å². The lowest BCUT2D eigenvalue weighted by Crippen LogP contribution is -2.32. The summed E-state index contributed by atoms with van der Waals surface area (Å²) in [5.74, 6) is 0.582. The van der Waals surface area contributed by atoms with E-state index in [0.29, 0.717) is 12.0 Å². The summed E-state index contributed by atoms with van der Waals surface area (Å²) in [5.41, 5.74) is 2.13. The molecule has 1 saturated carbocycles. The van der Waals surface area contributed by atoms with Gasteiger partial charge >= 0.3 is 0 Å². The van der Waals surface area contributed by atoms with Gasteiger partial charge in [-0.2, -0.15) is 0 Å². The minimum absolute atomic E-state index is 0.114. The molecule has 1 fully saturated rings. The third-order valence-electron chi connectivity index (χ3n) is 3.47. The van der Waals surface area contributed by atoms with Crippen LogP contribution in [0.4, 0.5) is 4.39 Å². The first-order chi connectivity index (χ1) is 7.70. The van der Waals surface area contributed by atoms with Crippen molar-refractivity contribution in [3.63, 3.8) is 0 Å². The van der Waals surface area contributed by atoms with Crippen LogP contribution >= 0.6 is 0 Å². The second-order valence-electron chi connectivity index (χ2n) is 4.79. The normalized spacial score (nSPS) is 18.2. The average molecular weight is 221 g/mol. The number of benzene rings is 1. The van der Waals surface area contributed by atoms with Crippen molar-refractivity contribution < 1.29 is 4.39 Å². The Balaban J connectivity index is 2.22. The Kier molecular flexibility index (Phi) is 3.59. The highest BCUT2D eigenvalue weighted by atomic mass is 19.1. The highest BCUT2D eigenvalue weighted by Gasteiger charge is 2.28. The van der Waals surface area contributed by atoms with E-state index < -0.39 is 0 Å². The van der Waals surface area contributed by atoms with Crippen molar-refractivity contribution in [1.29, 1.82) is 0 Å². The van der Waals surface area contributed by atoms with Gasteiger partial charge in [-0.1, -0.05) is 19.4 Å². The second-order valence-corrected chi connectivity index (χ2v) is 4.79. The predicted octanol–water partition coefficient (Wildman–Crippen LogP) is 3.58. The van der Waals surface area contributed by atoms with Crippen LogP contribution in [0, 0.1) is 18.7 Å². The van der Waals surface area contributed by atoms with Gasteiger partial charge in [-0.05, 0) is 55.5 Å². The van der Waals surface area contributed by atoms with Crippen molar-refractivity contribution in [2.45, 2.75) is 39.2 Å². The van der Waals surface area contributed by atoms with Crippen molar-refractivity contribution in [3.05, 3.63) is 35.1 Å². The Morgan fingerprint density at radius 2 is 2.12 bits per heavy atom. The molecule has 1 aliphatic carbocycles. The van der Waals surface area contributed by atoms with Crippen LogP contribution in [0.3, 0.4) is 0 Å². The fraction of sp³-hybridized carbons (Fsp3) is 0.571. The van der Waals surface area contributed by atoms with Gasteiger partial charge < -0.3 is 5.32 Å². The summed E-state index contributed by atoms with van der Waals surface area (Å²) in [6.45, 7) is 5.00. The molecule has 0 spiro atoms. The topological polar surface area (TPSA) is 12.0 Å². The molecule has 1 aromatic rings. The first-order valence-corrected chi connectivity index (χ1v) is 6.21. The molecule has 2 heteroatoms. The molecule has 0 amide bonds. The lowest BCUT2D eigenvalue weighted by atomic mass is 9.77. The molecule has 2 rings (SSSR count). The maximum Gasteiger partial charge on any atom is 0.123 e. The maximum atomic E-state index is 13.4. The fourth-order valence-electron chi connectivity index (χ4n) is 2.49. The zero-order valence-electron chi connectivity index (χ0n) is 10.1. The van der Waals surface area contributed by atoms with Gasteiger partial charge in [0.25, 0.3) is 0 Å². The van der Waals surface area contributed by atoms with E-state index in [2.05, 4.69) is 18.3 Å². The molecule has 0 heterocycles. The largest absolute Gasteiger partial charge is 0.310 e. The van der Waals surface area contributed by atoms with Gasteiger partial charge in [0.2, 0.25) is 0 Å². The molecule has 1 atom stereocenters. The van der Waals surface area contributed by atoms with Gasteiger partial charge in [-0.15, -0.1) is 0 Å². The standard InChI is InChI=1S/C14H20FN/c1-3-16-14(11-5-4-6-11)12-7-10(2)8-13(15)9-12/h7-9,11,14,16H,3-6H2,1-2H3. The molecule has 1 unspecified atom stereocenters. The van der Waals surface area contributed by atoms with Crippen LogP contribution in [0.2, 0.25) is 0 Å². The summed E-state index contributed by atoms with van der Waals surface area (Å²) in [5, 5.41) is 3.49. The van der Waals surface area contributed by atoms with Crippen LogP contribution < -0.4 is 5.32 Å². The SMILES string of the molecule is CCNC(c1cc(C)cc(F)c1)C1CCC1. The number of halogens is 1. The van der Waals surface area contributed by atoms with E-state index in [9.17, 15) is 4.39 Å². The van der Waals surface area contributed by atoms with Gasteiger partial charge in [0.15, 0.2) is 0 Å². The maximum absolute atomic E-state index is 13.4. The molecule has 1 aromatic carbocycles. The lowest BCUT2D eigenvalue weighted by molar-refractivity contribution is 0.233. The first kappa shape index (κ1) is 11.6. The van der Waals surface area contributed by atoms with E-state index in [1.165, 1.54) is 19.3 Å². The Labute approximate surface area is 97.1 Å². The van der Waals surface area contributed by atoms with E-state index in [1.54, 1.807) is 12.1 Å². The van der Waals surface area contributed by atoms with Crippen LogP contribution in [-0.4, -0.2) is 6.54 Å². The third-order valence-corrected chi connectivity index (χ3v) is 3.47. The van der Waals surface area contributed by atoms with E-state index in [1.807, 2.05) is 6.92 Å². The number of rotatable bonds is 4. The number of hydrogen-bond acceptors (Lipinski definition) is 1. The Bertz CT molecular complexity index is 338. The van der Waals surface area contributed by atoms with Crippen LogP contribution in [0.15, 0.2) is 18.2 Å². The van der Waals surface area contributed by atoms with E-state index in [-0.39, 0.29) is 5.82 Å². The van der Waals surface area contributed by atoms with Gasteiger partial charge in [-0.3, -0.25) is 0 Å². The average Bonchev–Trinajstić information content (AvgIpc) is 2.12. The molecule has 1 N–H and O–H groups in total. The number of aryl methyl sites for hydroxylation is 1. The Morgan fingerprint density at radius 1 is 1.38 bits per heavy atom. The summed E-state index contributed by atoms with van der Waals surface area (Å²) < 4.78 is 13.4. The quantitative estimate of drug-likeness (QED) is 0.819. The molecule has 88 valence electrons. The first-order valence-electron chi connectivity index (χ1n) is 6.21. The van der Waals surface area contributed by atoms with Crippen LogP contribution in [0.25, 0.3) is 0 Å². The van der Waals surface area contributed by atoms with Gasteiger partial charge in [0.1, 0.15) is 5.82 Å². The molecule has 16 heavy (non-hydrogen) atoms. The number of hydrogen-bond donors (Lipinski definition) is 1. The van der Waals surface area contributed by atoms with E-state index in [0.717, 1.165) is 17.7 Å².